The Morgan fingerprint density at radius 2 is 2.41 bits per heavy atom. The molecule has 1 aromatic rings. The lowest BCUT2D eigenvalue weighted by Crippen LogP contribution is -2.56. The first-order valence-electron chi connectivity index (χ1n) is 8.25. The van der Waals surface area contributed by atoms with E-state index in [4.69, 9.17) is 10.9 Å². The lowest BCUT2D eigenvalue weighted by Gasteiger charge is -2.42. The number of hydrogen-bond acceptors (Lipinski definition) is 6. The number of aliphatic hydroxyl groups excluding tert-OH is 1. The van der Waals surface area contributed by atoms with Crippen molar-refractivity contribution in [1.82, 2.24) is 9.97 Å². The molecule has 2 aliphatic heterocycles. The first-order chi connectivity index (χ1) is 11.1. The number of fused-ring (bicyclic) bond motifs is 1. The van der Waals surface area contributed by atoms with Crippen molar-refractivity contribution in [2.45, 2.75) is 38.5 Å². The molecule has 22 heavy (non-hydrogen) atoms. The number of hydrogen-bond donors (Lipinski definition) is 2. The summed E-state index contributed by atoms with van der Waals surface area (Å²) in [5.41, 5.74) is 1.15. The van der Waals surface area contributed by atoms with Crippen molar-refractivity contribution in [3.8, 4) is 5.88 Å². The second-order valence-corrected chi connectivity index (χ2v) is 6.27. The number of rotatable bonds is 4. The highest BCUT2D eigenvalue weighted by molar-refractivity contribution is 5.61. The summed E-state index contributed by atoms with van der Waals surface area (Å²) in [5.74, 6) is 1.75. The number of aromatic nitrogens is 2. The zero-order valence-electron chi connectivity index (χ0n) is 13.8. The Hall–Kier alpha value is -1.40. The zero-order chi connectivity index (χ0) is 16.0. The van der Waals surface area contributed by atoms with Crippen LogP contribution in [-0.4, -0.2) is 41.6 Å². The molecular weight excluding hydrogens is 282 g/mol. The van der Waals surface area contributed by atoms with Crippen LogP contribution in [0.5, 0.6) is 5.88 Å². The van der Waals surface area contributed by atoms with Gasteiger partial charge in [0.25, 0.3) is 0 Å². The highest BCUT2D eigenvalue weighted by Crippen LogP contribution is 2.53. The Morgan fingerprint density at radius 3 is 3.27 bits per heavy atom. The quantitative estimate of drug-likeness (QED) is 0.819. The van der Waals surface area contributed by atoms with Gasteiger partial charge in [-0.2, -0.15) is 4.98 Å². The Bertz CT molecular complexity index is 614. The van der Waals surface area contributed by atoms with Crippen LogP contribution in [0.4, 0.5) is 5.69 Å². The fraction of sp³-hybridized carbons (Fsp3) is 0.625. The van der Waals surface area contributed by atoms with Crippen LogP contribution in [-0.2, 0) is 4.74 Å². The fourth-order valence-corrected chi connectivity index (χ4v) is 3.90. The summed E-state index contributed by atoms with van der Waals surface area (Å²) in [6, 6.07) is 0. The van der Waals surface area contributed by atoms with Gasteiger partial charge >= 0.3 is 0 Å². The Balaban J connectivity index is 1.66. The van der Waals surface area contributed by atoms with E-state index in [1.165, 1.54) is 0 Å². The minimum absolute atomic E-state index is 0.127. The molecule has 1 aromatic heterocycles. The van der Waals surface area contributed by atoms with Gasteiger partial charge in [0, 0.05) is 18.4 Å². The van der Waals surface area contributed by atoms with Gasteiger partial charge in [-0.25, -0.2) is 4.98 Å². The maximum absolute atomic E-state index is 6.83. The fourth-order valence-electron chi connectivity index (χ4n) is 3.90. The van der Waals surface area contributed by atoms with Gasteiger partial charge in [-0.1, -0.05) is 0 Å². The first kappa shape index (κ1) is 13.1. The van der Waals surface area contributed by atoms with E-state index in [2.05, 4.69) is 33.2 Å². The van der Waals surface area contributed by atoms with Crippen molar-refractivity contribution >= 4 is 5.69 Å². The molecule has 0 amide bonds. The van der Waals surface area contributed by atoms with E-state index in [1.807, 2.05) is 13.8 Å². The van der Waals surface area contributed by atoms with Crippen LogP contribution in [0.15, 0.2) is 0 Å². The second-order valence-electron chi connectivity index (χ2n) is 6.27. The van der Waals surface area contributed by atoms with Crippen molar-refractivity contribution < 1.29 is 14.6 Å². The van der Waals surface area contributed by atoms with E-state index in [0.29, 0.717) is 24.9 Å². The first-order valence-corrected chi connectivity index (χ1v) is 7.84. The Kier molecular flexibility index (Phi) is 3.01. The second kappa shape index (κ2) is 5.06. The minimum Gasteiger partial charge on any atom is -0.467 e. The predicted octanol–water partition coefficient (Wildman–Crippen LogP) is 1.42. The van der Waals surface area contributed by atoms with Crippen LogP contribution in [0, 0.1) is 38.5 Å². The van der Waals surface area contributed by atoms with Crippen LogP contribution in [0.1, 0.15) is 24.4 Å². The molecule has 3 aliphatic rings. The lowest BCUT2D eigenvalue weighted by atomic mass is 9.95. The van der Waals surface area contributed by atoms with E-state index in [0.717, 1.165) is 24.2 Å². The molecule has 6 nitrogen and oxygen atoms in total. The molecule has 118 valence electrons. The molecule has 2 fully saturated rings. The molecule has 6 heteroatoms. The third kappa shape index (κ3) is 1.93. The summed E-state index contributed by atoms with van der Waals surface area (Å²) in [5, 5.41) is 7.98. The monoisotopic (exact) mass is 305 g/mol. The summed E-state index contributed by atoms with van der Waals surface area (Å²) < 4.78 is 19.2. The molecule has 4 rings (SSSR count). The lowest BCUT2D eigenvalue weighted by molar-refractivity contribution is -0.0762. The van der Waals surface area contributed by atoms with Crippen LogP contribution in [0.3, 0.4) is 0 Å². The predicted molar refractivity (Wildman–Crippen MR) is 80.1 cm³/mol. The molecular formula is C16H21N3O3. The Labute approximate surface area is 131 Å². The largest absolute Gasteiger partial charge is 0.467 e. The molecule has 1 saturated carbocycles. The van der Waals surface area contributed by atoms with Gasteiger partial charge in [0.1, 0.15) is 11.5 Å². The normalized spacial score (nSPS) is 35.9. The molecule has 1 spiro atoms. The average molecular weight is 305 g/mol. The van der Waals surface area contributed by atoms with Gasteiger partial charge in [0.15, 0.2) is 11.8 Å². The number of aryl methyl sites for hydroxylation is 2. The van der Waals surface area contributed by atoms with Crippen molar-refractivity contribution in [1.29, 1.82) is 1.43 Å². The smallest absolute Gasteiger partial charge is 0.241 e. The summed E-state index contributed by atoms with van der Waals surface area (Å²) in [6.07, 6.45) is 6.08. The van der Waals surface area contributed by atoms with Crippen molar-refractivity contribution in [3.63, 3.8) is 0 Å². The highest BCUT2D eigenvalue weighted by atomic mass is 16.6. The third-order valence-electron chi connectivity index (χ3n) is 4.84. The van der Waals surface area contributed by atoms with Gasteiger partial charge in [-0.15, -0.1) is 0 Å². The minimum atomic E-state index is -0.553. The summed E-state index contributed by atoms with van der Waals surface area (Å²) in [4.78, 5) is 8.87. The summed E-state index contributed by atoms with van der Waals surface area (Å²) >= 11 is 0. The molecule has 2 N–H and O–H groups in total. The molecule has 3 heterocycles. The van der Waals surface area contributed by atoms with Crippen molar-refractivity contribution in [2.75, 3.05) is 18.5 Å². The molecule has 1 aliphatic carbocycles. The van der Waals surface area contributed by atoms with E-state index < -0.39 is 5.72 Å². The van der Waals surface area contributed by atoms with Crippen molar-refractivity contribution in [3.05, 3.63) is 24.4 Å². The van der Waals surface area contributed by atoms with Crippen LogP contribution in [0.25, 0.3) is 0 Å². The maximum atomic E-state index is 6.83. The van der Waals surface area contributed by atoms with Gasteiger partial charge in [0.2, 0.25) is 7.31 Å². The number of anilines is 1. The third-order valence-corrected chi connectivity index (χ3v) is 4.84. The topological polar surface area (TPSA) is 76.5 Å². The van der Waals surface area contributed by atoms with Gasteiger partial charge in [-0.05, 0) is 39.5 Å². The molecule has 2 radical (unpaired) electrons. The number of nitrogens with zero attached hydrogens (tertiary/aromatic N) is 2. The van der Waals surface area contributed by atoms with Gasteiger partial charge < -0.3 is 19.9 Å². The highest BCUT2D eigenvalue weighted by Gasteiger charge is 2.62. The van der Waals surface area contributed by atoms with Crippen LogP contribution >= 0.6 is 0 Å². The van der Waals surface area contributed by atoms with E-state index in [9.17, 15) is 0 Å². The molecule has 4 atom stereocenters. The Morgan fingerprint density at radius 1 is 1.50 bits per heavy atom. The van der Waals surface area contributed by atoms with Gasteiger partial charge in [-0.3, -0.25) is 0 Å². The number of aliphatic hydroxyl groups is 1. The van der Waals surface area contributed by atoms with Crippen molar-refractivity contribution in [2.24, 2.45) is 11.8 Å². The number of nitrogens with one attached hydrogen (secondary N) is 1. The molecule has 0 aromatic carbocycles. The van der Waals surface area contributed by atoms with E-state index in [-0.39, 0.29) is 17.9 Å². The van der Waals surface area contributed by atoms with E-state index in [1.54, 1.807) is 0 Å². The standard InChI is InChI=1S/C16H21N3O3/c1-9-13-15(18-10(2)17-9)22-14-11(4-3-6-20)8-12-5-7-21-16(12,14)19-13/h5,8,11-12,14,19-20H,3-4,6-7H2,1-2H3/t11-,12-,14-,16-/m0/s1/i20T. The SMILES string of the molecule is [3H]OCCC[C@H]1[CH][C@@H]2[CH]CO[C@@]23Nc2c(C)nc(C)nc2O[C@@H]13. The van der Waals surface area contributed by atoms with Crippen LogP contribution in [0.2, 0.25) is 0 Å². The van der Waals surface area contributed by atoms with Gasteiger partial charge in [0.05, 0.1) is 12.3 Å². The molecule has 0 bridgehead atoms. The molecule has 1 saturated heterocycles. The van der Waals surface area contributed by atoms with Crippen LogP contribution < -0.4 is 10.1 Å². The summed E-state index contributed by atoms with van der Waals surface area (Å²) in [6.45, 7) is 4.87. The average Bonchev–Trinajstić information content (AvgIpc) is 3.01. The maximum Gasteiger partial charge on any atom is 0.241 e. The number of ether oxygens (including phenoxy) is 2. The van der Waals surface area contributed by atoms with E-state index >= 15 is 0 Å². The summed E-state index contributed by atoms with van der Waals surface area (Å²) in [7, 11) is 0. The molecule has 0 unspecified atom stereocenters. The zero-order valence-corrected chi connectivity index (χ0v) is 12.8.